The van der Waals surface area contributed by atoms with Gasteiger partial charge in [-0.3, -0.25) is 4.90 Å². The third-order valence-electron chi connectivity index (χ3n) is 3.95. The highest BCUT2D eigenvalue weighted by atomic mass is 35.5. The summed E-state index contributed by atoms with van der Waals surface area (Å²) >= 11 is 0. The number of halogens is 1. The highest BCUT2D eigenvalue weighted by Crippen LogP contribution is 2.16. The minimum absolute atomic E-state index is 0. The van der Waals surface area contributed by atoms with Crippen LogP contribution >= 0.6 is 12.4 Å². The summed E-state index contributed by atoms with van der Waals surface area (Å²) in [6.07, 6.45) is 4.87. The first-order chi connectivity index (χ1) is 9.47. The zero-order valence-electron chi connectivity index (χ0n) is 12.7. The van der Waals surface area contributed by atoms with Gasteiger partial charge in [-0.1, -0.05) is 12.1 Å². The Labute approximate surface area is 134 Å². The van der Waals surface area contributed by atoms with Gasteiger partial charge in [0.2, 0.25) is 0 Å². The Kier molecular flexibility index (Phi) is 7.13. The van der Waals surface area contributed by atoms with E-state index in [0.29, 0.717) is 10.9 Å². The van der Waals surface area contributed by atoms with E-state index in [0.717, 1.165) is 25.2 Å². The van der Waals surface area contributed by atoms with Crippen molar-refractivity contribution in [2.24, 2.45) is 0 Å². The fourth-order valence-electron chi connectivity index (χ4n) is 2.70. The fourth-order valence-corrected chi connectivity index (χ4v) is 3.33. The lowest BCUT2D eigenvalue weighted by atomic mass is 10.1. The second-order valence-electron chi connectivity index (χ2n) is 5.67. The summed E-state index contributed by atoms with van der Waals surface area (Å²) in [6, 6.07) is 7.85. The normalized spacial score (nSPS) is 19.9. The lowest BCUT2D eigenvalue weighted by molar-refractivity contribution is 0.216. The van der Waals surface area contributed by atoms with E-state index in [4.69, 9.17) is 0 Å². The fraction of sp³-hybridized carbons (Fsp3) is 0.600. The van der Waals surface area contributed by atoms with Crippen LogP contribution < -0.4 is 5.32 Å². The first-order valence-corrected chi connectivity index (χ1v) is 9.06. The van der Waals surface area contributed by atoms with Crippen molar-refractivity contribution in [1.29, 1.82) is 0 Å². The van der Waals surface area contributed by atoms with E-state index in [1.165, 1.54) is 25.5 Å². The van der Waals surface area contributed by atoms with Crippen LogP contribution in [0.15, 0.2) is 29.2 Å². The number of benzene rings is 1. The maximum absolute atomic E-state index is 11.4. The molecule has 21 heavy (non-hydrogen) atoms. The van der Waals surface area contributed by atoms with Gasteiger partial charge >= 0.3 is 0 Å². The van der Waals surface area contributed by atoms with E-state index < -0.39 is 9.84 Å². The Morgan fingerprint density at radius 2 is 1.86 bits per heavy atom. The molecule has 0 bridgehead atoms. The monoisotopic (exact) mass is 332 g/mol. The smallest absolute Gasteiger partial charge is 0.175 e. The van der Waals surface area contributed by atoms with Crippen LogP contribution in [0.1, 0.15) is 24.8 Å². The molecule has 0 radical (unpaired) electrons. The van der Waals surface area contributed by atoms with Gasteiger partial charge in [-0.05, 0) is 57.1 Å². The second-order valence-corrected chi connectivity index (χ2v) is 7.68. The summed E-state index contributed by atoms with van der Waals surface area (Å²) < 4.78 is 22.9. The summed E-state index contributed by atoms with van der Waals surface area (Å²) in [5.41, 5.74) is 1.16. The summed E-state index contributed by atoms with van der Waals surface area (Å²) in [7, 11) is -0.942. The molecular weight excluding hydrogens is 308 g/mol. The Morgan fingerprint density at radius 1 is 1.19 bits per heavy atom. The molecule has 1 unspecified atom stereocenters. The number of nitrogens with zero attached hydrogens (tertiary/aromatic N) is 1. The lowest BCUT2D eigenvalue weighted by Crippen LogP contribution is -2.32. The molecular formula is C15H25ClN2O2S. The Bertz CT molecular complexity index is 523. The van der Waals surface area contributed by atoms with E-state index in [-0.39, 0.29) is 12.4 Å². The molecule has 2 rings (SSSR count). The number of hydrogen-bond acceptors (Lipinski definition) is 4. The topological polar surface area (TPSA) is 49.4 Å². The molecule has 1 aromatic carbocycles. The molecule has 1 saturated heterocycles. The van der Waals surface area contributed by atoms with Gasteiger partial charge in [-0.2, -0.15) is 0 Å². The van der Waals surface area contributed by atoms with Crippen LogP contribution in [0.2, 0.25) is 0 Å². The van der Waals surface area contributed by atoms with Gasteiger partial charge in [0, 0.05) is 18.8 Å². The predicted molar refractivity (Wildman–Crippen MR) is 88.8 cm³/mol. The summed E-state index contributed by atoms with van der Waals surface area (Å²) in [6.45, 7) is 3.07. The summed E-state index contributed by atoms with van der Waals surface area (Å²) in [5.74, 6) is 0. The molecule has 1 heterocycles. The minimum Gasteiger partial charge on any atom is -0.317 e. The summed E-state index contributed by atoms with van der Waals surface area (Å²) in [5, 5.41) is 3.43. The zero-order chi connectivity index (χ0) is 14.6. The highest BCUT2D eigenvalue weighted by molar-refractivity contribution is 7.90. The van der Waals surface area contributed by atoms with Gasteiger partial charge < -0.3 is 5.32 Å². The largest absolute Gasteiger partial charge is 0.317 e. The van der Waals surface area contributed by atoms with Crippen molar-refractivity contribution < 1.29 is 8.42 Å². The molecule has 0 aromatic heterocycles. The van der Waals surface area contributed by atoms with Gasteiger partial charge in [0.15, 0.2) is 9.84 Å². The quantitative estimate of drug-likeness (QED) is 0.917. The van der Waals surface area contributed by atoms with Crippen molar-refractivity contribution >= 4 is 22.2 Å². The molecule has 1 fully saturated rings. The first kappa shape index (κ1) is 18.4. The van der Waals surface area contributed by atoms with E-state index >= 15 is 0 Å². The van der Waals surface area contributed by atoms with Crippen LogP contribution in [-0.2, 0) is 16.4 Å². The third-order valence-corrected chi connectivity index (χ3v) is 5.08. The van der Waals surface area contributed by atoms with Gasteiger partial charge in [0.05, 0.1) is 4.90 Å². The maximum Gasteiger partial charge on any atom is 0.175 e. The van der Waals surface area contributed by atoms with Crippen molar-refractivity contribution in [3.63, 3.8) is 0 Å². The summed E-state index contributed by atoms with van der Waals surface area (Å²) in [4.78, 5) is 2.77. The van der Waals surface area contributed by atoms with E-state index in [1.54, 1.807) is 12.1 Å². The average Bonchev–Trinajstić information content (AvgIpc) is 2.67. The van der Waals surface area contributed by atoms with Crippen LogP contribution in [0, 0.1) is 0 Å². The molecule has 1 aromatic rings. The maximum atomic E-state index is 11.4. The molecule has 1 aliphatic rings. The van der Waals surface area contributed by atoms with Gasteiger partial charge in [-0.25, -0.2) is 8.42 Å². The van der Waals surface area contributed by atoms with Crippen LogP contribution in [0.3, 0.4) is 0 Å². The van der Waals surface area contributed by atoms with Crippen molar-refractivity contribution in [3.8, 4) is 0 Å². The lowest BCUT2D eigenvalue weighted by Gasteiger charge is -2.26. The standard InChI is InChI=1S/C15H24N2O2S.ClH/c1-17(14-4-3-10-16-11-9-14)12-13-5-7-15(8-6-13)20(2,18)19;/h5-8,14,16H,3-4,9-12H2,1-2H3;1H. The number of rotatable bonds is 4. The van der Waals surface area contributed by atoms with Crippen molar-refractivity contribution in [2.45, 2.75) is 36.7 Å². The van der Waals surface area contributed by atoms with E-state index in [1.807, 2.05) is 12.1 Å². The molecule has 0 amide bonds. The highest BCUT2D eigenvalue weighted by Gasteiger charge is 2.17. The average molecular weight is 333 g/mol. The van der Waals surface area contributed by atoms with Gasteiger partial charge in [-0.15, -0.1) is 12.4 Å². The predicted octanol–water partition coefficient (Wildman–Crippen LogP) is 2.09. The Balaban J connectivity index is 0.00000220. The second kappa shape index (κ2) is 8.13. The molecule has 1 aliphatic heterocycles. The van der Waals surface area contributed by atoms with Crippen molar-refractivity contribution in [2.75, 3.05) is 26.4 Å². The molecule has 0 saturated carbocycles. The van der Waals surface area contributed by atoms with Crippen molar-refractivity contribution in [1.82, 2.24) is 10.2 Å². The molecule has 1 N–H and O–H groups in total. The number of sulfone groups is 1. The van der Waals surface area contributed by atoms with Crippen LogP contribution in [-0.4, -0.2) is 45.8 Å². The molecule has 0 aliphatic carbocycles. The molecule has 120 valence electrons. The van der Waals surface area contributed by atoms with Gasteiger partial charge in [0.25, 0.3) is 0 Å². The molecule has 1 atom stereocenters. The number of nitrogens with one attached hydrogen (secondary N) is 1. The third kappa shape index (κ3) is 5.58. The van der Waals surface area contributed by atoms with Crippen LogP contribution in [0.5, 0.6) is 0 Å². The first-order valence-electron chi connectivity index (χ1n) is 7.17. The SMILES string of the molecule is CN(Cc1ccc(S(C)(=O)=O)cc1)C1CCCNCC1.Cl. The van der Waals surface area contributed by atoms with Crippen molar-refractivity contribution in [3.05, 3.63) is 29.8 Å². The van der Waals surface area contributed by atoms with Gasteiger partial charge in [0.1, 0.15) is 0 Å². The Hall–Kier alpha value is -0.620. The minimum atomic E-state index is -3.10. The molecule has 0 spiro atoms. The molecule has 6 heteroatoms. The van der Waals surface area contributed by atoms with Crippen LogP contribution in [0.4, 0.5) is 0 Å². The van der Waals surface area contributed by atoms with E-state index in [2.05, 4.69) is 17.3 Å². The zero-order valence-corrected chi connectivity index (χ0v) is 14.3. The van der Waals surface area contributed by atoms with Crippen LogP contribution in [0.25, 0.3) is 0 Å². The number of hydrogen-bond donors (Lipinski definition) is 1. The molecule has 4 nitrogen and oxygen atoms in total. The Morgan fingerprint density at radius 3 is 2.48 bits per heavy atom. The van der Waals surface area contributed by atoms with E-state index in [9.17, 15) is 8.42 Å².